The molecule has 3 rings (SSSR count). The van der Waals surface area contributed by atoms with Crippen LogP contribution in [0.2, 0.25) is 0 Å². The van der Waals surface area contributed by atoms with Gasteiger partial charge in [0, 0.05) is 18.7 Å². The van der Waals surface area contributed by atoms with Gasteiger partial charge in [0.1, 0.15) is 5.75 Å². The number of hydrogen-bond donors (Lipinski definition) is 2. The van der Waals surface area contributed by atoms with Crippen LogP contribution in [0.5, 0.6) is 17.2 Å². The molecule has 0 bridgehead atoms. The van der Waals surface area contributed by atoms with Crippen LogP contribution < -0.4 is 24.8 Å². The molecule has 2 N–H and O–H groups in total. The summed E-state index contributed by atoms with van der Waals surface area (Å²) in [6, 6.07) is 12.5. The third-order valence-corrected chi connectivity index (χ3v) is 6.01. The lowest BCUT2D eigenvalue weighted by molar-refractivity contribution is -0.114. The molecule has 192 valence electrons. The Morgan fingerprint density at radius 2 is 1.67 bits per heavy atom. The molecule has 1 heterocycles. The second kappa shape index (κ2) is 12.3. The topological polar surface area (TPSA) is 117 Å². The van der Waals surface area contributed by atoms with Gasteiger partial charge in [-0.25, -0.2) is 0 Å². The molecular formula is C25H31N5O5S. The number of carbonyl (C=O) groups is 2. The summed E-state index contributed by atoms with van der Waals surface area (Å²) in [7, 11) is 3.10. The van der Waals surface area contributed by atoms with Gasteiger partial charge in [0.25, 0.3) is 0 Å². The van der Waals surface area contributed by atoms with Crippen LogP contribution in [0.3, 0.4) is 0 Å². The molecule has 1 atom stereocenters. The van der Waals surface area contributed by atoms with Crippen LogP contribution in [0, 0.1) is 0 Å². The predicted octanol–water partition coefficient (Wildman–Crippen LogP) is 4.71. The standard InChI is InChI=1S/C25H31N5O5S/c1-15(2)30-24(16(3)35-22-10-8-7-9-21(22)34-6)28-29-25(30)36-14-23(32)27-18-11-12-20(33-5)19(13-18)26-17(4)31/h7-13,15-16H,14H2,1-6H3,(H,26,31)(H,27,32). The molecule has 0 radical (unpaired) electrons. The molecule has 0 aliphatic rings. The second-order valence-corrected chi connectivity index (χ2v) is 9.09. The van der Waals surface area contributed by atoms with Crippen molar-refractivity contribution in [3.8, 4) is 17.2 Å². The number of thioether (sulfide) groups is 1. The first-order valence-electron chi connectivity index (χ1n) is 11.4. The van der Waals surface area contributed by atoms with Crippen molar-refractivity contribution in [2.45, 2.75) is 45.0 Å². The van der Waals surface area contributed by atoms with E-state index < -0.39 is 6.10 Å². The van der Waals surface area contributed by atoms with Gasteiger partial charge in [-0.05, 0) is 51.1 Å². The Kier molecular flexibility index (Phi) is 9.18. The minimum atomic E-state index is -0.397. The molecule has 3 aromatic rings. The van der Waals surface area contributed by atoms with Crippen LogP contribution >= 0.6 is 11.8 Å². The van der Waals surface area contributed by atoms with E-state index in [9.17, 15) is 9.59 Å². The van der Waals surface area contributed by atoms with Gasteiger partial charge in [-0.3, -0.25) is 9.59 Å². The molecule has 2 aromatic carbocycles. The number of benzene rings is 2. The molecule has 0 saturated heterocycles. The number of methoxy groups -OCH3 is 2. The number of nitrogens with zero attached hydrogens (tertiary/aromatic N) is 3. The molecule has 10 nitrogen and oxygen atoms in total. The van der Waals surface area contributed by atoms with Gasteiger partial charge in [-0.2, -0.15) is 0 Å². The summed E-state index contributed by atoms with van der Waals surface area (Å²) in [5.74, 6) is 2.04. The lowest BCUT2D eigenvalue weighted by Gasteiger charge is -2.19. The molecule has 0 spiro atoms. The molecule has 36 heavy (non-hydrogen) atoms. The monoisotopic (exact) mass is 513 g/mol. The molecule has 1 unspecified atom stereocenters. The highest BCUT2D eigenvalue weighted by Crippen LogP contribution is 2.32. The van der Waals surface area contributed by atoms with E-state index in [0.717, 1.165) is 0 Å². The highest BCUT2D eigenvalue weighted by Gasteiger charge is 2.23. The average Bonchev–Trinajstić information content (AvgIpc) is 3.27. The normalized spacial score (nSPS) is 11.6. The smallest absolute Gasteiger partial charge is 0.234 e. The van der Waals surface area contributed by atoms with Crippen molar-refractivity contribution < 1.29 is 23.8 Å². The SMILES string of the molecule is COc1ccc(NC(=O)CSc2nnc(C(C)Oc3ccccc3OC)n2C(C)C)cc1NC(C)=O. The van der Waals surface area contributed by atoms with E-state index >= 15 is 0 Å². The van der Waals surface area contributed by atoms with Crippen LogP contribution in [0.25, 0.3) is 0 Å². The van der Waals surface area contributed by atoms with E-state index in [1.807, 2.05) is 49.6 Å². The first-order valence-corrected chi connectivity index (χ1v) is 12.3. The molecule has 11 heteroatoms. The first kappa shape index (κ1) is 26.9. The van der Waals surface area contributed by atoms with E-state index in [0.29, 0.717) is 39.6 Å². The minimum absolute atomic E-state index is 0.0473. The maximum atomic E-state index is 12.7. The quantitative estimate of drug-likeness (QED) is 0.354. The number of carbonyl (C=O) groups excluding carboxylic acids is 2. The van der Waals surface area contributed by atoms with Crippen molar-refractivity contribution in [1.82, 2.24) is 14.8 Å². The van der Waals surface area contributed by atoms with E-state index in [-0.39, 0.29) is 23.6 Å². The lowest BCUT2D eigenvalue weighted by Crippen LogP contribution is -2.17. The van der Waals surface area contributed by atoms with Crippen molar-refractivity contribution in [3.05, 3.63) is 48.3 Å². The summed E-state index contributed by atoms with van der Waals surface area (Å²) in [5, 5.41) is 14.8. The summed E-state index contributed by atoms with van der Waals surface area (Å²) in [6.07, 6.45) is -0.397. The summed E-state index contributed by atoms with van der Waals surface area (Å²) in [4.78, 5) is 24.1. The zero-order valence-corrected chi connectivity index (χ0v) is 22.0. The van der Waals surface area contributed by atoms with Crippen molar-refractivity contribution >= 4 is 35.0 Å². The largest absolute Gasteiger partial charge is 0.495 e. The van der Waals surface area contributed by atoms with Crippen LogP contribution in [-0.2, 0) is 9.59 Å². The fourth-order valence-corrected chi connectivity index (χ4v) is 4.38. The fraction of sp³-hybridized carbons (Fsp3) is 0.360. The first-order chi connectivity index (χ1) is 17.2. The maximum Gasteiger partial charge on any atom is 0.234 e. The highest BCUT2D eigenvalue weighted by atomic mass is 32.2. The van der Waals surface area contributed by atoms with Crippen molar-refractivity contribution in [2.75, 3.05) is 30.6 Å². The van der Waals surface area contributed by atoms with Gasteiger partial charge in [0.2, 0.25) is 11.8 Å². The van der Waals surface area contributed by atoms with Gasteiger partial charge >= 0.3 is 0 Å². The molecule has 0 saturated carbocycles. The van der Waals surface area contributed by atoms with E-state index in [1.54, 1.807) is 25.3 Å². The third-order valence-electron chi connectivity index (χ3n) is 5.07. The van der Waals surface area contributed by atoms with E-state index in [4.69, 9.17) is 14.2 Å². The Morgan fingerprint density at radius 1 is 0.972 bits per heavy atom. The van der Waals surface area contributed by atoms with Crippen molar-refractivity contribution in [2.24, 2.45) is 0 Å². The zero-order valence-electron chi connectivity index (χ0n) is 21.2. The Bertz CT molecular complexity index is 1210. The molecule has 1 aromatic heterocycles. The minimum Gasteiger partial charge on any atom is -0.495 e. The Balaban J connectivity index is 1.69. The number of aromatic nitrogens is 3. The summed E-state index contributed by atoms with van der Waals surface area (Å²) in [5.41, 5.74) is 1.01. The van der Waals surface area contributed by atoms with Gasteiger partial charge < -0.3 is 29.4 Å². The highest BCUT2D eigenvalue weighted by molar-refractivity contribution is 7.99. The van der Waals surface area contributed by atoms with E-state index in [1.165, 1.54) is 25.8 Å². The number of hydrogen-bond acceptors (Lipinski definition) is 8. The average molecular weight is 514 g/mol. The number of rotatable bonds is 11. The van der Waals surface area contributed by atoms with Gasteiger partial charge in [0.15, 0.2) is 28.6 Å². The van der Waals surface area contributed by atoms with E-state index in [2.05, 4.69) is 20.8 Å². The molecular weight excluding hydrogens is 482 g/mol. The number of nitrogens with one attached hydrogen (secondary N) is 2. The van der Waals surface area contributed by atoms with Crippen LogP contribution in [-0.4, -0.2) is 46.6 Å². The third kappa shape index (κ3) is 6.69. The van der Waals surface area contributed by atoms with Crippen molar-refractivity contribution in [1.29, 1.82) is 0 Å². The number of amides is 2. The summed E-state index contributed by atoms with van der Waals surface area (Å²) < 4.78 is 18.7. The molecule has 2 amide bonds. The van der Waals surface area contributed by atoms with Gasteiger partial charge in [0.05, 0.1) is 25.7 Å². The lowest BCUT2D eigenvalue weighted by atomic mass is 10.2. The Morgan fingerprint density at radius 3 is 2.31 bits per heavy atom. The fourth-order valence-electron chi connectivity index (χ4n) is 3.51. The van der Waals surface area contributed by atoms with Gasteiger partial charge in [-0.15, -0.1) is 10.2 Å². The molecule has 0 aliphatic carbocycles. The van der Waals surface area contributed by atoms with Crippen LogP contribution in [0.1, 0.15) is 45.7 Å². The molecule has 0 fully saturated rings. The molecule has 0 aliphatic heterocycles. The number of anilines is 2. The predicted molar refractivity (Wildman–Crippen MR) is 139 cm³/mol. The summed E-state index contributed by atoms with van der Waals surface area (Å²) >= 11 is 1.28. The van der Waals surface area contributed by atoms with Gasteiger partial charge in [-0.1, -0.05) is 23.9 Å². The zero-order chi connectivity index (χ0) is 26.2. The van der Waals surface area contributed by atoms with Crippen LogP contribution in [0.15, 0.2) is 47.6 Å². The number of para-hydroxylation sites is 2. The Hall–Kier alpha value is -3.73. The van der Waals surface area contributed by atoms with Crippen molar-refractivity contribution in [3.63, 3.8) is 0 Å². The summed E-state index contributed by atoms with van der Waals surface area (Å²) in [6.45, 7) is 7.34. The second-order valence-electron chi connectivity index (χ2n) is 8.15. The maximum absolute atomic E-state index is 12.7. The number of ether oxygens (including phenoxy) is 3. The Labute approximate surface area is 214 Å². The van der Waals surface area contributed by atoms with Crippen LogP contribution in [0.4, 0.5) is 11.4 Å².